The van der Waals surface area contributed by atoms with Crippen LogP contribution in [-0.4, -0.2) is 205 Å². The zero-order chi connectivity index (χ0) is 82.9. The van der Waals surface area contributed by atoms with Crippen LogP contribution in [0.2, 0.25) is 0 Å². The number of methoxy groups -OCH3 is 2. The first-order valence-electron chi connectivity index (χ1n) is 34.5. The minimum Gasteiger partial charge on any atom is -0.481 e. The van der Waals surface area contributed by atoms with E-state index in [2.05, 4.69) is 56.8 Å². The average molecular weight is 1610 g/mol. The van der Waals surface area contributed by atoms with Gasteiger partial charge in [0.2, 0.25) is 17.8 Å². The molecule has 8 rings (SSSR count). The molecule has 0 saturated carbocycles. The number of ether oxygens (including phenoxy) is 4. The van der Waals surface area contributed by atoms with Crippen LogP contribution in [0.15, 0.2) is 73.2 Å². The summed E-state index contributed by atoms with van der Waals surface area (Å²) in [4.78, 5) is 143. The lowest BCUT2D eigenvalue weighted by molar-refractivity contribution is -0.221. The summed E-state index contributed by atoms with van der Waals surface area (Å²) in [6, 6.07) is 1.70. The van der Waals surface area contributed by atoms with E-state index in [1.807, 2.05) is 10.7 Å². The van der Waals surface area contributed by atoms with Crippen LogP contribution in [0.3, 0.4) is 0 Å². The van der Waals surface area contributed by atoms with Gasteiger partial charge in [-0.3, -0.25) is 48.9 Å². The fourth-order valence-electron chi connectivity index (χ4n) is 13.3. The Morgan fingerprint density at radius 1 is 0.732 bits per heavy atom. The van der Waals surface area contributed by atoms with Crippen molar-refractivity contribution in [3.63, 3.8) is 0 Å². The Morgan fingerprint density at radius 2 is 1.28 bits per heavy atom. The van der Waals surface area contributed by atoms with Crippen molar-refractivity contribution in [2.24, 2.45) is 10.8 Å². The lowest BCUT2D eigenvalue weighted by atomic mass is 9.77. The standard InChI is InChI=1S/C71H83F10N12O18P/c1-37-20-42(25-54(94)84-43(26-55(95)96)27-56(97)98)58(52(21-37)111-112(104,105)106)67(2,3)28-57(99)110-53(34-91(89-62(101)60(87-66(103)108-9)69(6,7)71(79,80)81)33-47-48(72)23-41(24-49(47)73)50-18-19-92(88-50)63(74)75)51(85-61(100)59(86-65(102)107-8)68(4,5)70(76,77)78)22-39-13-10-38(11-14-39)12-15-40-29-82-64(83-30-40)90-31-44-16-17-45(32-90)93(44)46-35-109-36-46/h10-11,13-14,18-21,23-24,29-30,43-46,51,53,59-60,63H,16-17,22,25-28,31-36H2,1-9H3,(H,84,94)(H,85,100)(H,86,102)(H,87,103)(H,89,101)(H,95,96)(H,97,98)(H2,104,105,106)/t44?,45?,51-,53-,59+,60+/m0/s1. The second kappa shape index (κ2) is 35.7. The van der Waals surface area contributed by atoms with Crippen LogP contribution in [0.5, 0.6) is 5.75 Å². The molecule has 112 heavy (non-hydrogen) atoms. The number of aryl methyl sites for hydroxylation is 1. The van der Waals surface area contributed by atoms with Crippen molar-refractivity contribution < 1.29 is 130 Å². The monoisotopic (exact) mass is 1610 g/mol. The van der Waals surface area contributed by atoms with Crippen molar-refractivity contribution in [2.75, 3.05) is 52.0 Å². The second-order valence-electron chi connectivity index (χ2n) is 28.9. The number of hydrogen-bond donors (Lipinski definition) is 9. The Morgan fingerprint density at radius 3 is 1.77 bits per heavy atom. The van der Waals surface area contributed by atoms with Crippen LogP contribution < -0.4 is 36.1 Å². The summed E-state index contributed by atoms with van der Waals surface area (Å²) in [6.07, 6.45) is -15.3. The number of carbonyl (C=O) groups excluding carboxylic acids is 6. The van der Waals surface area contributed by atoms with E-state index in [4.69, 9.17) is 14.0 Å². The van der Waals surface area contributed by atoms with E-state index < -0.39 is 206 Å². The number of phosphoric acid groups is 1. The number of fused-ring (bicyclic) bond motifs is 2. The van der Waals surface area contributed by atoms with Gasteiger partial charge in [-0.15, -0.1) is 0 Å². The molecule has 2 bridgehead atoms. The van der Waals surface area contributed by atoms with Crippen molar-refractivity contribution >= 4 is 61.6 Å². The van der Waals surface area contributed by atoms with Crippen molar-refractivity contribution in [3.8, 4) is 28.8 Å². The molecule has 2 unspecified atom stereocenters. The minimum atomic E-state index is -5.65. The Labute approximate surface area is 634 Å². The normalized spacial score (nSPS) is 16.8. The number of carboxylic acids is 2. The number of alkyl halides is 8. The summed E-state index contributed by atoms with van der Waals surface area (Å²) in [5, 5.41) is 31.3. The minimum absolute atomic E-state index is 0.0546. The summed E-state index contributed by atoms with van der Waals surface area (Å²) in [6.45, 7) is 2.36. The third kappa shape index (κ3) is 22.3. The molecule has 3 aliphatic heterocycles. The van der Waals surface area contributed by atoms with Crippen molar-refractivity contribution in [1.29, 1.82) is 0 Å². The molecular formula is C71H83F10N12O18P. The largest absolute Gasteiger partial charge is 0.524 e. The molecule has 0 radical (unpaired) electrons. The van der Waals surface area contributed by atoms with Gasteiger partial charge in [0.1, 0.15) is 35.6 Å². The van der Waals surface area contributed by atoms with Gasteiger partial charge in [0.05, 0.1) is 93.8 Å². The number of alkyl carbamates (subject to hydrolysis) is 2. The Kier molecular flexibility index (Phi) is 27.8. The lowest BCUT2D eigenvalue weighted by Gasteiger charge is -2.47. The number of halogens is 10. The van der Waals surface area contributed by atoms with E-state index in [-0.39, 0.29) is 26.9 Å². The van der Waals surface area contributed by atoms with Crippen molar-refractivity contribution in [2.45, 2.75) is 173 Å². The molecule has 41 heteroatoms. The molecule has 3 saturated heterocycles. The van der Waals surface area contributed by atoms with E-state index >= 15 is 44.7 Å². The first-order chi connectivity index (χ1) is 52.2. The molecule has 30 nitrogen and oxygen atoms in total. The number of rotatable bonds is 32. The third-order valence-corrected chi connectivity index (χ3v) is 19.7. The molecule has 610 valence electrons. The summed E-state index contributed by atoms with van der Waals surface area (Å²) in [5.74, 6) is -6.84. The van der Waals surface area contributed by atoms with Crippen LogP contribution in [0.25, 0.3) is 11.3 Å². The highest BCUT2D eigenvalue weighted by Gasteiger charge is 2.58. The number of amides is 5. The molecule has 0 spiro atoms. The van der Waals surface area contributed by atoms with Gasteiger partial charge >= 0.3 is 56.8 Å². The fourth-order valence-corrected chi connectivity index (χ4v) is 13.7. The van der Waals surface area contributed by atoms with Crippen LogP contribution in [0.4, 0.5) is 59.4 Å². The predicted octanol–water partition coefficient (Wildman–Crippen LogP) is 7.69. The number of hydrogen-bond acceptors (Lipinski definition) is 20. The van der Waals surface area contributed by atoms with E-state index in [9.17, 15) is 62.1 Å². The summed E-state index contributed by atoms with van der Waals surface area (Å²) in [5.41, 5.74) is -8.44. The summed E-state index contributed by atoms with van der Waals surface area (Å²) >= 11 is 0. The van der Waals surface area contributed by atoms with Gasteiger partial charge in [0.25, 0.3) is 5.91 Å². The Balaban J connectivity index is 1.28. The Bertz CT molecular complexity index is 4350. The van der Waals surface area contributed by atoms with Crippen molar-refractivity contribution in [1.82, 2.24) is 56.4 Å². The summed E-state index contributed by atoms with van der Waals surface area (Å²) < 4.78 is 191. The van der Waals surface area contributed by atoms with E-state index in [0.29, 0.717) is 108 Å². The number of piperazine rings is 1. The van der Waals surface area contributed by atoms with Gasteiger partial charge in [-0.2, -0.15) is 40.2 Å². The highest BCUT2D eigenvalue weighted by atomic mass is 31.2. The molecule has 3 aliphatic rings. The van der Waals surface area contributed by atoms with E-state index in [1.165, 1.54) is 63.5 Å². The number of aromatic nitrogens is 4. The quantitative estimate of drug-likeness (QED) is 0.00497. The molecule has 5 aromatic rings. The van der Waals surface area contributed by atoms with Crippen molar-refractivity contribution in [3.05, 3.63) is 124 Å². The van der Waals surface area contributed by atoms with Crippen LogP contribution in [-0.2, 0) is 77.1 Å². The van der Waals surface area contributed by atoms with Gasteiger partial charge in [-0.05, 0) is 107 Å². The van der Waals surface area contributed by atoms with Gasteiger partial charge in [0.15, 0.2) is 0 Å². The molecule has 6 atom stereocenters. The predicted molar refractivity (Wildman–Crippen MR) is 373 cm³/mol. The zero-order valence-corrected chi connectivity index (χ0v) is 62.6. The molecule has 3 fully saturated rings. The molecular weight excluding hydrogens is 1530 g/mol. The third-order valence-electron chi connectivity index (χ3n) is 19.3. The first-order valence-corrected chi connectivity index (χ1v) is 36.0. The molecule has 9 N–H and O–H groups in total. The Hall–Kier alpha value is -10.2. The second-order valence-corrected chi connectivity index (χ2v) is 30.0. The lowest BCUT2D eigenvalue weighted by Crippen LogP contribution is -2.64. The van der Waals surface area contributed by atoms with Crippen LogP contribution >= 0.6 is 7.82 Å². The van der Waals surface area contributed by atoms with Gasteiger partial charge in [0, 0.05) is 84.0 Å². The van der Waals surface area contributed by atoms with Crippen LogP contribution in [0.1, 0.15) is 119 Å². The number of aliphatic carboxylic acids is 2. The number of hydrazine groups is 1. The molecule has 3 aromatic carbocycles. The number of benzene rings is 3. The number of nitrogens with one attached hydrogen (secondary N) is 5. The maximum atomic E-state index is 16.9. The number of carbonyl (C=O) groups is 8. The maximum Gasteiger partial charge on any atom is 0.524 e. The van der Waals surface area contributed by atoms with Gasteiger partial charge < -0.3 is 59.9 Å². The highest BCUT2D eigenvalue weighted by molar-refractivity contribution is 7.46. The topological polar surface area (TPSA) is 394 Å². The first kappa shape index (κ1) is 87.4. The highest BCUT2D eigenvalue weighted by Crippen LogP contribution is 2.47. The van der Waals surface area contributed by atoms with E-state index in [1.54, 1.807) is 5.32 Å². The fraction of sp³-hybridized carbons (Fsp3) is 0.507. The number of nitrogens with zero attached hydrogens (tertiary/aromatic N) is 7. The number of esters is 1. The molecule has 2 aromatic heterocycles. The maximum absolute atomic E-state index is 16.9. The van der Waals surface area contributed by atoms with Crippen LogP contribution in [0, 0.1) is 41.2 Å². The average Bonchev–Trinajstić information content (AvgIpc) is 1.10. The zero-order valence-electron chi connectivity index (χ0n) is 61.7. The van der Waals surface area contributed by atoms with Gasteiger partial charge in [-0.25, -0.2) is 42.6 Å². The molecule has 5 heterocycles. The summed E-state index contributed by atoms with van der Waals surface area (Å²) in [7, 11) is -4.21. The SMILES string of the molecule is COC(=O)N[C@H](C(=O)N[C@@H](Cc1ccc(C#Cc2cnc(N3CC4CCC(C3)N4C3COC3)nc2)cc1)[C@H](CN(Cc1c(F)cc(-c2ccn(C(F)F)n2)cc1F)NC(=O)[C@@H](NC(=O)OC)C(C)(C)C(F)(F)F)OC(=O)CC(C)(C)c1c(CC(=O)NC(CC(=O)O)CC(=O)O)cc(C)cc1OP(=O)(O)O)C(C)(C)C(F)(F)F. The smallest absolute Gasteiger partial charge is 0.481 e. The van der Waals surface area contributed by atoms with E-state index in [0.717, 1.165) is 38.3 Å². The number of anilines is 1. The molecule has 5 amide bonds. The molecule has 0 aliphatic carbocycles. The number of carboxylic acid groups (broad SMARTS) is 2. The van der Waals surface area contributed by atoms with Gasteiger partial charge in [-0.1, -0.05) is 43.9 Å². The number of phosphoric ester groups is 1.